The summed E-state index contributed by atoms with van der Waals surface area (Å²) in [6.45, 7) is 0.130. The number of aromatic carboxylic acids is 1. The molecule has 0 spiro atoms. The SMILES string of the molecule is O=C(NCCC(O)C(O)c1ccc(Cl)nc1C(=O)O)OCc1ccccc1. The highest BCUT2D eigenvalue weighted by atomic mass is 35.5. The van der Waals surface area contributed by atoms with Crippen LogP contribution in [0.1, 0.15) is 34.1 Å². The van der Waals surface area contributed by atoms with Crippen LogP contribution in [0.3, 0.4) is 0 Å². The minimum atomic E-state index is -1.50. The number of halogens is 1. The second kappa shape index (κ2) is 9.86. The molecule has 1 aromatic heterocycles. The molecule has 1 amide bonds. The Labute approximate surface area is 160 Å². The smallest absolute Gasteiger partial charge is 0.407 e. The number of carbonyl (C=O) groups is 2. The predicted molar refractivity (Wildman–Crippen MR) is 96.4 cm³/mol. The van der Waals surface area contributed by atoms with Gasteiger partial charge in [0.25, 0.3) is 0 Å². The highest BCUT2D eigenvalue weighted by Gasteiger charge is 2.25. The van der Waals surface area contributed by atoms with Crippen LogP contribution >= 0.6 is 11.6 Å². The van der Waals surface area contributed by atoms with Crippen LogP contribution in [0, 0.1) is 0 Å². The lowest BCUT2D eigenvalue weighted by Gasteiger charge is -2.19. The lowest BCUT2D eigenvalue weighted by atomic mass is 10.0. The van der Waals surface area contributed by atoms with Gasteiger partial charge in [0.05, 0.1) is 6.10 Å². The van der Waals surface area contributed by atoms with E-state index in [0.717, 1.165) is 5.56 Å². The number of pyridine rings is 1. The fourth-order valence-corrected chi connectivity index (χ4v) is 2.46. The van der Waals surface area contributed by atoms with E-state index in [1.54, 1.807) is 0 Å². The lowest BCUT2D eigenvalue weighted by Crippen LogP contribution is -2.30. The Hall–Kier alpha value is -2.68. The second-order valence-corrected chi connectivity index (χ2v) is 6.05. The molecule has 4 N–H and O–H groups in total. The summed E-state index contributed by atoms with van der Waals surface area (Å²) in [7, 11) is 0. The number of benzene rings is 1. The van der Waals surface area contributed by atoms with Crippen molar-refractivity contribution in [1.82, 2.24) is 10.3 Å². The van der Waals surface area contributed by atoms with E-state index in [1.807, 2.05) is 30.3 Å². The number of hydrogen-bond acceptors (Lipinski definition) is 6. The molecular weight excluding hydrogens is 376 g/mol. The van der Waals surface area contributed by atoms with E-state index < -0.39 is 30.0 Å². The molecule has 0 aliphatic carbocycles. The average Bonchev–Trinajstić information content (AvgIpc) is 2.66. The summed E-state index contributed by atoms with van der Waals surface area (Å²) in [5, 5.41) is 31.8. The molecule has 0 bridgehead atoms. The molecule has 144 valence electrons. The molecule has 2 rings (SSSR count). The fraction of sp³-hybridized carbons (Fsp3) is 0.278. The normalized spacial score (nSPS) is 12.9. The van der Waals surface area contributed by atoms with E-state index in [-0.39, 0.29) is 30.3 Å². The lowest BCUT2D eigenvalue weighted by molar-refractivity contribution is 0.0124. The summed E-state index contributed by atoms with van der Waals surface area (Å²) < 4.78 is 5.02. The van der Waals surface area contributed by atoms with E-state index in [0.29, 0.717) is 0 Å². The Morgan fingerprint density at radius 2 is 1.85 bits per heavy atom. The van der Waals surface area contributed by atoms with E-state index in [4.69, 9.17) is 21.4 Å². The van der Waals surface area contributed by atoms with Gasteiger partial charge in [-0.1, -0.05) is 48.0 Å². The van der Waals surface area contributed by atoms with E-state index in [9.17, 15) is 19.8 Å². The Kier molecular flexibility index (Phi) is 7.54. The number of nitrogens with one attached hydrogen (secondary N) is 1. The number of nitrogens with zero attached hydrogens (tertiary/aromatic N) is 1. The van der Waals surface area contributed by atoms with Crippen molar-refractivity contribution in [2.24, 2.45) is 0 Å². The highest BCUT2D eigenvalue weighted by molar-refractivity contribution is 6.29. The number of hydrogen-bond donors (Lipinski definition) is 4. The van der Waals surface area contributed by atoms with E-state index in [2.05, 4.69) is 10.3 Å². The number of aliphatic hydroxyl groups is 2. The summed E-state index contributed by atoms with van der Waals surface area (Å²) in [4.78, 5) is 26.5. The molecule has 8 nitrogen and oxygen atoms in total. The van der Waals surface area contributed by atoms with Gasteiger partial charge in [0.2, 0.25) is 0 Å². The third-order valence-electron chi connectivity index (χ3n) is 3.70. The molecule has 0 aliphatic heterocycles. The van der Waals surface area contributed by atoms with Gasteiger partial charge in [0.1, 0.15) is 17.9 Å². The Balaban J connectivity index is 1.82. The third kappa shape index (κ3) is 6.21. The van der Waals surface area contributed by atoms with Crippen molar-refractivity contribution in [3.8, 4) is 0 Å². The third-order valence-corrected chi connectivity index (χ3v) is 3.91. The Bertz CT molecular complexity index is 787. The summed E-state index contributed by atoms with van der Waals surface area (Å²) in [5.74, 6) is -1.37. The van der Waals surface area contributed by atoms with Crippen LogP contribution in [-0.4, -0.2) is 45.0 Å². The average molecular weight is 395 g/mol. The first kappa shape index (κ1) is 20.6. The fourth-order valence-electron chi connectivity index (χ4n) is 2.32. The minimum absolute atomic E-state index is 0.0231. The number of carboxylic acid groups (broad SMARTS) is 1. The molecule has 0 radical (unpaired) electrons. The zero-order valence-corrected chi connectivity index (χ0v) is 15.0. The molecule has 0 aliphatic rings. The second-order valence-electron chi connectivity index (χ2n) is 5.67. The van der Waals surface area contributed by atoms with Gasteiger partial charge >= 0.3 is 12.1 Å². The van der Waals surface area contributed by atoms with Gasteiger partial charge in [0.15, 0.2) is 5.69 Å². The highest BCUT2D eigenvalue weighted by Crippen LogP contribution is 2.23. The van der Waals surface area contributed by atoms with Crippen molar-refractivity contribution in [2.75, 3.05) is 6.54 Å². The van der Waals surface area contributed by atoms with Gasteiger partial charge in [-0.2, -0.15) is 0 Å². The van der Waals surface area contributed by atoms with Crippen LogP contribution in [0.15, 0.2) is 42.5 Å². The van der Waals surface area contributed by atoms with Crippen LogP contribution in [0.4, 0.5) is 4.79 Å². The molecule has 0 fully saturated rings. The number of aliphatic hydroxyl groups excluding tert-OH is 2. The van der Waals surface area contributed by atoms with Crippen LogP contribution in [0.25, 0.3) is 0 Å². The molecule has 27 heavy (non-hydrogen) atoms. The first-order valence-corrected chi connectivity index (χ1v) is 8.46. The largest absolute Gasteiger partial charge is 0.476 e. The molecule has 0 saturated heterocycles. The zero-order valence-electron chi connectivity index (χ0n) is 14.2. The van der Waals surface area contributed by atoms with E-state index >= 15 is 0 Å². The molecule has 9 heteroatoms. The maximum absolute atomic E-state index is 11.6. The Morgan fingerprint density at radius 1 is 1.15 bits per heavy atom. The summed E-state index contributed by atoms with van der Waals surface area (Å²) >= 11 is 5.66. The van der Waals surface area contributed by atoms with Gasteiger partial charge in [-0.05, 0) is 18.1 Å². The summed E-state index contributed by atoms with van der Waals surface area (Å²) in [6.07, 6.45) is -3.51. The molecule has 1 heterocycles. The Morgan fingerprint density at radius 3 is 2.52 bits per heavy atom. The van der Waals surface area contributed by atoms with Crippen molar-refractivity contribution < 1.29 is 29.6 Å². The maximum atomic E-state index is 11.6. The van der Waals surface area contributed by atoms with Crippen LogP contribution in [0.2, 0.25) is 5.15 Å². The van der Waals surface area contributed by atoms with Gasteiger partial charge < -0.3 is 25.4 Å². The number of ether oxygens (including phenoxy) is 1. The first-order valence-electron chi connectivity index (χ1n) is 8.09. The van der Waals surface area contributed by atoms with Gasteiger partial charge in [-0.25, -0.2) is 14.6 Å². The first-order chi connectivity index (χ1) is 12.9. The van der Waals surface area contributed by atoms with Gasteiger partial charge in [0, 0.05) is 12.1 Å². The zero-order chi connectivity index (χ0) is 19.8. The van der Waals surface area contributed by atoms with Crippen molar-refractivity contribution in [2.45, 2.75) is 25.2 Å². The number of alkyl carbamates (subject to hydrolysis) is 1. The van der Waals surface area contributed by atoms with Crippen molar-refractivity contribution in [3.05, 3.63) is 64.4 Å². The predicted octanol–water partition coefficient (Wildman–Crippen LogP) is 2.14. The number of aromatic nitrogens is 1. The molecule has 0 saturated carbocycles. The number of carboxylic acids is 1. The molecule has 1 aromatic carbocycles. The minimum Gasteiger partial charge on any atom is -0.476 e. The monoisotopic (exact) mass is 394 g/mol. The number of carbonyl (C=O) groups excluding carboxylic acids is 1. The van der Waals surface area contributed by atoms with Gasteiger partial charge in [-0.15, -0.1) is 0 Å². The topological polar surface area (TPSA) is 129 Å². The number of amides is 1. The maximum Gasteiger partial charge on any atom is 0.407 e. The molecule has 2 unspecified atom stereocenters. The number of rotatable bonds is 8. The van der Waals surface area contributed by atoms with Crippen molar-refractivity contribution in [1.29, 1.82) is 0 Å². The summed E-state index contributed by atoms with van der Waals surface area (Å²) in [5.41, 5.74) is 0.329. The van der Waals surface area contributed by atoms with Gasteiger partial charge in [-0.3, -0.25) is 0 Å². The molecule has 2 atom stereocenters. The van der Waals surface area contributed by atoms with Crippen LogP contribution in [0.5, 0.6) is 0 Å². The quantitative estimate of drug-likeness (QED) is 0.505. The van der Waals surface area contributed by atoms with E-state index in [1.165, 1.54) is 12.1 Å². The molecule has 2 aromatic rings. The standard InChI is InChI=1S/C18H19ClN2O6/c19-14-7-6-12(15(21-14)17(24)25)16(23)13(22)8-9-20-18(26)27-10-11-4-2-1-3-5-11/h1-7,13,16,22-23H,8-10H2,(H,20,26)(H,24,25). The molecular formula is C18H19ClN2O6. The van der Waals surface area contributed by atoms with Crippen LogP contribution in [-0.2, 0) is 11.3 Å². The van der Waals surface area contributed by atoms with Crippen LogP contribution < -0.4 is 5.32 Å². The van der Waals surface area contributed by atoms with Crippen molar-refractivity contribution in [3.63, 3.8) is 0 Å². The van der Waals surface area contributed by atoms with Crippen molar-refractivity contribution >= 4 is 23.7 Å². The summed E-state index contributed by atoms with van der Waals surface area (Å²) in [6, 6.07) is 11.7.